The van der Waals surface area contributed by atoms with E-state index in [9.17, 15) is 13.2 Å². The highest BCUT2D eigenvalue weighted by Gasteiger charge is 2.40. The normalized spacial score (nSPS) is 18.9. The summed E-state index contributed by atoms with van der Waals surface area (Å²) in [5.41, 5.74) is 5.26. The highest BCUT2D eigenvalue weighted by molar-refractivity contribution is 7.91. The molecule has 1 amide bonds. The SMILES string of the molecule is CNc1cccc(S(=O)(=O)c2ccnc(N3CC(C)CC3(C)C)c2C(N)=O)n1. The Labute approximate surface area is 165 Å². The van der Waals surface area contributed by atoms with E-state index in [0.29, 0.717) is 24.1 Å². The van der Waals surface area contributed by atoms with Gasteiger partial charge in [0, 0.05) is 25.3 Å². The molecule has 1 atom stereocenters. The molecule has 0 aliphatic carbocycles. The molecular formula is C19H25N5O3S. The summed E-state index contributed by atoms with van der Waals surface area (Å²) in [7, 11) is -2.42. The quantitative estimate of drug-likeness (QED) is 0.784. The molecule has 3 rings (SSSR count). The Morgan fingerprint density at radius 1 is 1.32 bits per heavy atom. The van der Waals surface area contributed by atoms with Crippen molar-refractivity contribution in [3.63, 3.8) is 0 Å². The molecule has 0 aromatic carbocycles. The maximum absolute atomic E-state index is 13.3. The van der Waals surface area contributed by atoms with Crippen LogP contribution in [0.1, 0.15) is 37.6 Å². The van der Waals surface area contributed by atoms with E-state index in [1.165, 1.54) is 18.3 Å². The number of carbonyl (C=O) groups excluding carboxylic acids is 1. The third kappa shape index (κ3) is 3.42. The van der Waals surface area contributed by atoms with Crippen LogP contribution in [-0.4, -0.2) is 43.4 Å². The molecule has 1 unspecified atom stereocenters. The maximum atomic E-state index is 13.3. The molecule has 0 spiro atoms. The van der Waals surface area contributed by atoms with Gasteiger partial charge in [-0.25, -0.2) is 18.4 Å². The Hall–Kier alpha value is -2.68. The minimum absolute atomic E-state index is 0.0960. The molecule has 8 nitrogen and oxygen atoms in total. The standard InChI is InChI=1S/C19H25N5O3S/c1-12-10-19(2,3)24(11-12)18-16(17(20)25)13(8-9-22-18)28(26,27)15-7-5-6-14(21-4)23-15/h5-9,12H,10-11H2,1-4H3,(H2,20,25)(H,21,23). The second kappa shape index (κ2) is 7.05. The molecular weight excluding hydrogens is 378 g/mol. The number of hydrogen-bond acceptors (Lipinski definition) is 7. The van der Waals surface area contributed by atoms with Crippen molar-refractivity contribution in [2.75, 3.05) is 23.8 Å². The number of rotatable bonds is 5. The minimum atomic E-state index is -4.07. The zero-order chi connectivity index (χ0) is 20.7. The predicted molar refractivity (Wildman–Crippen MR) is 107 cm³/mol. The van der Waals surface area contributed by atoms with Gasteiger partial charge < -0.3 is 16.0 Å². The number of nitrogens with zero attached hydrogens (tertiary/aromatic N) is 3. The van der Waals surface area contributed by atoms with Gasteiger partial charge in [-0.3, -0.25) is 4.79 Å². The Kier molecular flexibility index (Phi) is 5.05. The van der Waals surface area contributed by atoms with Crippen molar-refractivity contribution in [2.45, 2.75) is 42.7 Å². The molecule has 9 heteroatoms. The summed E-state index contributed by atoms with van der Waals surface area (Å²) in [6, 6.07) is 5.94. The average Bonchev–Trinajstić information content (AvgIpc) is 2.93. The predicted octanol–water partition coefficient (Wildman–Crippen LogP) is 2.07. The van der Waals surface area contributed by atoms with Crippen LogP contribution in [0.3, 0.4) is 0 Å². The third-order valence-electron chi connectivity index (χ3n) is 5.01. The van der Waals surface area contributed by atoms with Gasteiger partial charge in [-0.1, -0.05) is 13.0 Å². The fourth-order valence-electron chi connectivity index (χ4n) is 3.87. The van der Waals surface area contributed by atoms with Gasteiger partial charge in [-0.05, 0) is 44.4 Å². The van der Waals surface area contributed by atoms with Gasteiger partial charge in [0.05, 0.1) is 4.90 Å². The van der Waals surface area contributed by atoms with E-state index in [4.69, 9.17) is 5.73 Å². The molecule has 2 aromatic rings. The smallest absolute Gasteiger partial charge is 0.253 e. The molecule has 3 heterocycles. The molecule has 1 saturated heterocycles. The van der Waals surface area contributed by atoms with Crippen molar-refractivity contribution in [2.24, 2.45) is 11.7 Å². The number of anilines is 2. The molecule has 0 bridgehead atoms. The van der Waals surface area contributed by atoms with E-state index in [-0.39, 0.29) is 21.0 Å². The number of pyridine rings is 2. The number of carbonyl (C=O) groups is 1. The van der Waals surface area contributed by atoms with Gasteiger partial charge in [-0.2, -0.15) is 0 Å². The van der Waals surface area contributed by atoms with Crippen molar-refractivity contribution >= 4 is 27.4 Å². The first-order valence-electron chi connectivity index (χ1n) is 9.04. The van der Waals surface area contributed by atoms with Crippen LogP contribution in [0.2, 0.25) is 0 Å². The second-order valence-electron chi connectivity index (χ2n) is 7.72. The van der Waals surface area contributed by atoms with Crippen LogP contribution in [-0.2, 0) is 9.84 Å². The van der Waals surface area contributed by atoms with E-state index in [0.717, 1.165) is 6.42 Å². The van der Waals surface area contributed by atoms with E-state index >= 15 is 0 Å². The number of amides is 1. The molecule has 3 N–H and O–H groups in total. The number of aromatic nitrogens is 2. The largest absolute Gasteiger partial charge is 0.373 e. The van der Waals surface area contributed by atoms with Gasteiger partial charge in [0.15, 0.2) is 5.03 Å². The first-order valence-corrected chi connectivity index (χ1v) is 10.5. The van der Waals surface area contributed by atoms with Crippen LogP contribution in [0.4, 0.5) is 11.6 Å². The molecule has 1 aliphatic rings. The molecule has 28 heavy (non-hydrogen) atoms. The van der Waals surface area contributed by atoms with E-state index < -0.39 is 15.7 Å². The van der Waals surface area contributed by atoms with Gasteiger partial charge in [0.2, 0.25) is 9.84 Å². The summed E-state index contributed by atoms with van der Waals surface area (Å²) in [6.45, 7) is 6.86. The number of primary amides is 1. The van der Waals surface area contributed by atoms with Crippen molar-refractivity contribution in [3.8, 4) is 0 Å². The molecule has 150 valence electrons. The van der Waals surface area contributed by atoms with Gasteiger partial charge in [0.25, 0.3) is 5.91 Å². The van der Waals surface area contributed by atoms with Crippen LogP contribution >= 0.6 is 0 Å². The fraction of sp³-hybridized carbons (Fsp3) is 0.421. The number of nitrogens with one attached hydrogen (secondary N) is 1. The Bertz CT molecular complexity index is 1020. The molecule has 2 aromatic heterocycles. The third-order valence-corrected chi connectivity index (χ3v) is 6.71. The zero-order valence-corrected chi connectivity index (χ0v) is 17.2. The van der Waals surface area contributed by atoms with E-state index in [1.807, 2.05) is 18.7 Å². The van der Waals surface area contributed by atoms with Crippen molar-refractivity contribution in [1.29, 1.82) is 0 Å². The highest BCUT2D eigenvalue weighted by Crippen LogP contribution is 2.39. The molecule has 1 aliphatic heterocycles. The highest BCUT2D eigenvalue weighted by atomic mass is 32.2. The van der Waals surface area contributed by atoms with Gasteiger partial charge in [0.1, 0.15) is 17.2 Å². The monoisotopic (exact) mass is 403 g/mol. The fourth-order valence-corrected chi connectivity index (χ4v) is 5.27. The first-order chi connectivity index (χ1) is 13.1. The van der Waals surface area contributed by atoms with Crippen LogP contribution in [0, 0.1) is 5.92 Å². The molecule has 1 fully saturated rings. The van der Waals surface area contributed by atoms with Crippen molar-refractivity contribution < 1.29 is 13.2 Å². The lowest BCUT2D eigenvalue weighted by atomic mass is 9.97. The lowest BCUT2D eigenvalue weighted by Crippen LogP contribution is -2.40. The second-order valence-corrected chi connectivity index (χ2v) is 9.58. The Morgan fingerprint density at radius 2 is 2.04 bits per heavy atom. The minimum Gasteiger partial charge on any atom is -0.373 e. The first kappa shape index (κ1) is 20.1. The summed E-state index contributed by atoms with van der Waals surface area (Å²) >= 11 is 0. The Balaban J connectivity index is 2.21. The number of hydrogen-bond donors (Lipinski definition) is 2. The Morgan fingerprint density at radius 3 is 2.61 bits per heavy atom. The summed E-state index contributed by atoms with van der Waals surface area (Å²) < 4.78 is 26.6. The summed E-state index contributed by atoms with van der Waals surface area (Å²) in [5.74, 6) is 0.256. The van der Waals surface area contributed by atoms with Gasteiger partial charge >= 0.3 is 0 Å². The summed E-state index contributed by atoms with van der Waals surface area (Å²) in [5, 5.41) is 2.65. The lowest BCUT2D eigenvalue weighted by Gasteiger charge is -2.33. The average molecular weight is 404 g/mol. The zero-order valence-electron chi connectivity index (χ0n) is 16.4. The van der Waals surface area contributed by atoms with Gasteiger partial charge in [-0.15, -0.1) is 0 Å². The van der Waals surface area contributed by atoms with Crippen molar-refractivity contribution in [3.05, 3.63) is 36.0 Å². The van der Waals surface area contributed by atoms with Crippen LogP contribution in [0.5, 0.6) is 0 Å². The van der Waals surface area contributed by atoms with Crippen LogP contribution in [0.15, 0.2) is 40.4 Å². The van der Waals surface area contributed by atoms with Crippen LogP contribution < -0.4 is 16.0 Å². The van der Waals surface area contributed by atoms with Crippen molar-refractivity contribution in [1.82, 2.24) is 9.97 Å². The molecule has 0 radical (unpaired) electrons. The van der Waals surface area contributed by atoms with E-state index in [2.05, 4.69) is 22.2 Å². The summed E-state index contributed by atoms with van der Waals surface area (Å²) in [4.78, 5) is 22.6. The number of nitrogens with two attached hydrogens (primary N) is 1. The van der Waals surface area contributed by atoms with E-state index in [1.54, 1.807) is 19.2 Å². The lowest BCUT2D eigenvalue weighted by molar-refractivity contribution is 0.0997. The summed E-state index contributed by atoms with van der Waals surface area (Å²) in [6.07, 6.45) is 2.30. The van der Waals surface area contributed by atoms with Crippen LogP contribution in [0.25, 0.3) is 0 Å². The topological polar surface area (TPSA) is 118 Å². The number of sulfone groups is 1. The molecule has 0 saturated carbocycles. The maximum Gasteiger partial charge on any atom is 0.253 e.